The predicted octanol–water partition coefficient (Wildman–Crippen LogP) is 6.11. The van der Waals surface area contributed by atoms with Crippen LogP contribution >= 0.6 is 0 Å². The number of carbonyl (C=O) groups is 1. The van der Waals surface area contributed by atoms with Gasteiger partial charge in [-0.05, 0) is 49.2 Å². The number of sulfonamides is 1. The van der Waals surface area contributed by atoms with Crippen LogP contribution in [0.3, 0.4) is 0 Å². The van der Waals surface area contributed by atoms with E-state index >= 15 is 0 Å². The fourth-order valence-electron chi connectivity index (χ4n) is 4.21. The van der Waals surface area contributed by atoms with Crippen LogP contribution in [-0.2, 0) is 26.6 Å². The Kier molecular flexibility index (Phi) is 7.73. The van der Waals surface area contributed by atoms with E-state index < -0.39 is 16.1 Å². The molecule has 3 aromatic carbocycles. The molecule has 4 rings (SSSR count). The normalized spacial score (nSPS) is 11.8. The molecule has 1 N–H and O–H groups in total. The lowest BCUT2D eigenvalue weighted by molar-refractivity contribution is 0.154. The smallest absolute Gasteiger partial charge is 0.421 e. The van der Waals surface area contributed by atoms with Gasteiger partial charge in [0.05, 0.1) is 22.9 Å². The van der Waals surface area contributed by atoms with Crippen molar-refractivity contribution < 1.29 is 17.9 Å². The van der Waals surface area contributed by atoms with Crippen molar-refractivity contribution in [2.45, 2.75) is 51.3 Å². The highest BCUT2D eigenvalue weighted by atomic mass is 32.2. The lowest BCUT2D eigenvalue weighted by Crippen LogP contribution is -2.31. The number of hydrogen-bond acceptors (Lipinski definition) is 5. The van der Waals surface area contributed by atoms with Gasteiger partial charge >= 0.3 is 6.09 Å². The minimum atomic E-state index is -3.98. The SMILES string of the molecule is Cc1ccc(S(=O)(=O)NC(=O)OCCc2ccc(-n3nc(C(C)(C)C)c(-c4ccccc4)c3C)cc2)cc1. The fraction of sp³-hybridized carbons (Fsp3) is 0.267. The molecule has 0 unspecified atom stereocenters. The minimum Gasteiger partial charge on any atom is -0.448 e. The van der Waals surface area contributed by atoms with Crippen LogP contribution in [0.1, 0.15) is 43.3 Å². The lowest BCUT2D eigenvalue weighted by atomic mass is 9.86. The highest BCUT2D eigenvalue weighted by Gasteiger charge is 2.26. The van der Waals surface area contributed by atoms with Crippen LogP contribution in [-0.4, -0.2) is 30.9 Å². The van der Waals surface area contributed by atoms with Crippen molar-refractivity contribution >= 4 is 16.1 Å². The molecule has 1 heterocycles. The Morgan fingerprint density at radius 3 is 2.16 bits per heavy atom. The number of nitrogens with zero attached hydrogens (tertiary/aromatic N) is 2. The summed E-state index contributed by atoms with van der Waals surface area (Å²) in [6.07, 6.45) is -0.559. The number of hydrogen-bond donors (Lipinski definition) is 1. The summed E-state index contributed by atoms with van der Waals surface area (Å²) in [6.45, 7) is 10.5. The summed E-state index contributed by atoms with van der Waals surface area (Å²) < 4.78 is 33.7. The number of amides is 1. The van der Waals surface area contributed by atoms with Crippen LogP contribution in [0, 0.1) is 13.8 Å². The molecule has 198 valence electrons. The Morgan fingerprint density at radius 1 is 0.921 bits per heavy atom. The summed E-state index contributed by atoms with van der Waals surface area (Å²) in [4.78, 5) is 12.1. The Labute approximate surface area is 224 Å². The average molecular weight is 532 g/mol. The number of carbonyl (C=O) groups excluding carboxylic acids is 1. The first-order valence-electron chi connectivity index (χ1n) is 12.5. The molecule has 0 aliphatic heterocycles. The van der Waals surface area contributed by atoms with Crippen molar-refractivity contribution in [1.29, 1.82) is 0 Å². The molecule has 0 saturated carbocycles. The third-order valence-corrected chi connectivity index (χ3v) is 7.57. The second kappa shape index (κ2) is 10.8. The maximum Gasteiger partial charge on any atom is 0.421 e. The number of rotatable bonds is 7. The van der Waals surface area contributed by atoms with Crippen LogP contribution in [0.2, 0.25) is 0 Å². The fourth-order valence-corrected chi connectivity index (χ4v) is 5.10. The van der Waals surface area contributed by atoms with E-state index in [-0.39, 0.29) is 16.9 Å². The maximum absolute atomic E-state index is 12.3. The predicted molar refractivity (Wildman–Crippen MR) is 149 cm³/mol. The van der Waals surface area contributed by atoms with E-state index in [1.807, 2.05) is 58.8 Å². The number of ether oxygens (including phenoxy) is 1. The van der Waals surface area contributed by atoms with E-state index in [2.05, 4.69) is 39.8 Å². The van der Waals surface area contributed by atoms with Crippen molar-refractivity contribution in [3.63, 3.8) is 0 Å². The summed E-state index contributed by atoms with van der Waals surface area (Å²) in [5.41, 5.74) is 7.04. The number of benzene rings is 3. The Balaban J connectivity index is 1.42. The second-order valence-corrected chi connectivity index (χ2v) is 12.0. The van der Waals surface area contributed by atoms with Gasteiger partial charge in [-0.25, -0.2) is 22.6 Å². The molecule has 0 saturated heterocycles. The first-order chi connectivity index (χ1) is 18.0. The largest absolute Gasteiger partial charge is 0.448 e. The number of aryl methyl sites for hydroxylation is 1. The molecule has 0 atom stereocenters. The minimum absolute atomic E-state index is 0.00888. The lowest BCUT2D eigenvalue weighted by Gasteiger charge is -2.17. The van der Waals surface area contributed by atoms with Gasteiger partial charge in [0.1, 0.15) is 0 Å². The zero-order chi connectivity index (χ0) is 27.5. The monoisotopic (exact) mass is 531 g/mol. The summed E-state index contributed by atoms with van der Waals surface area (Å²) in [7, 11) is -3.98. The van der Waals surface area contributed by atoms with Crippen molar-refractivity contribution in [3.05, 3.63) is 101 Å². The molecule has 0 aliphatic rings. The zero-order valence-electron chi connectivity index (χ0n) is 22.4. The Bertz CT molecular complexity index is 1520. The molecule has 0 aliphatic carbocycles. The molecule has 0 spiro atoms. The van der Waals surface area contributed by atoms with E-state index in [0.717, 1.165) is 39.3 Å². The number of nitrogens with one attached hydrogen (secondary N) is 1. The highest BCUT2D eigenvalue weighted by molar-refractivity contribution is 7.90. The molecule has 1 aromatic heterocycles. The molecule has 7 nitrogen and oxygen atoms in total. The van der Waals surface area contributed by atoms with Gasteiger partial charge in [-0.1, -0.05) is 80.9 Å². The van der Waals surface area contributed by atoms with Gasteiger partial charge in [0.25, 0.3) is 10.0 Å². The van der Waals surface area contributed by atoms with Gasteiger partial charge in [0.2, 0.25) is 0 Å². The third-order valence-electron chi connectivity index (χ3n) is 6.24. The van der Waals surface area contributed by atoms with Crippen LogP contribution in [0.15, 0.2) is 83.8 Å². The van der Waals surface area contributed by atoms with E-state index in [0.29, 0.717) is 6.42 Å². The average Bonchev–Trinajstić information content (AvgIpc) is 3.22. The van der Waals surface area contributed by atoms with Crippen molar-refractivity contribution in [2.24, 2.45) is 0 Å². The quantitative estimate of drug-likeness (QED) is 0.311. The first-order valence-corrected chi connectivity index (χ1v) is 13.9. The highest BCUT2D eigenvalue weighted by Crippen LogP contribution is 2.35. The van der Waals surface area contributed by atoms with E-state index in [9.17, 15) is 13.2 Å². The molecule has 8 heteroatoms. The third kappa shape index (κ3) is 6.14. The van der Waals surface area contributed by atoms with Crippen molar-refractivity contribution in [1.82, 2.24) is 14.5 Å². The maximum atomic E-state index is 12.3. The molecule has 4 aromatic rings. The van der Waals surface area contributed by atoms with Crippen LogP contribution in [0.5, 0.6) is 0 Å². The number of aromatic nitrogens is 2. The van der Waals surface area contributed by atoms with Crippen molar-refractivity contribution in [3.8, 4) is 16.8 Å². The second-order valence-electron chi connectivity index (χ2n) is 10.3. The van der Waals surface area contributed by atoms with Crippen LogP contribution in [0.25, 0.3) is 16.8 Å². The zero-order valence-corrected chi connectivity index (χ0v) is 23.2. The summed E-state index contributed by atoms with van der Waals surface area (Å²) in [6, 6.07) is 24.4. The molecular weight excluding hydrogens is 498 g/mol. The summed E-state index contributed by atoms with van der Waals surface area (Å²) in [5.74, 6) is 0. The van der Waals surface area contributed by atoms with Gasteiger partial charge in [-0.3, -0.25) is 0 Å². The molecule has 38 heavy (non-hydrogen) atoms. The van der Waals surface area contributed by atoms with Gasteiger partial charge in [0.15, 0.2) is 0 Å². The van der Waals surface area contributed by atoms with E-state index in [4.69, 9.17) is 9.84 Å². The van der Waals surface area contributed by atoms with Gasteiger partial charge in [-0.15, -0.1) is 0 Å². The van der Waals surface area contributed by atoms with E-state index in [1.54, 1.807) is 12.1 Å². The molecular formula is C30H33N3O4S. The summed E-state index contributed by atoms with van der Waals surface area (Å²) in [5, 5.41) is 4.99. The van der Waals surface area contributed by atoms with Crippen molar-refractivity contribution in [2.75, 3.05) is 6.61 Å². The Morgan fingerprint density at radius 2 is 1.55 bits per heavy atom. The topological polar surface area (TPSA) is 90.3 Å². The van der Waals surface area contributed by atoms with E-state index in [1.165, 1.54) is 12.1 Å². The first kappa shape index (κ1) is 27.1. The molecule has 1 amide bonds. The molecule has 0 fully saturated rings. The van der Waals surface area contributed by atoms with Gasteiger partial charge < -0.3 is 4.74 Å². The summed E-state index contributed by atoms with van der Waals surface area (Å²) >= 11 is 0. The van der Waals surface area contributed by atoms with Crippen LogP contribution in [0.4, 0.5) is 4.79 Å². The van der Waals surface area contributed by atoms with Crippen LogP contribution < -0.4 is 4.72 Å². The Hall–Kier alpha value is -3.91. The standard InChI is InChI=1S/C30H33N3O4S/c1-21-11-17-26(18-12-21)38(35,36)32-29(34)37-20-19-23-13-15-25(16-14-23)33-22(2)27(24-9-7-6-8-10-24)28(31-33)30(3,4)5/h6-18H,19-20H2,1-5H3,(H,32,34). The van der Waals surface area contributed by atoms with Gasteiger partial charge in [-0.2, -0.15) is 5.10 Å². The molecule has 0 radical (unpaired) electrons. The van der Waals surface area contributed by atoms with Gasteiger partial charge in [0, 0.05) is 23.1 Å². The molecule has 0 bridgehead atoms.